The summed E-state index contributed by atoms with van der Waals surface area (Å²) in [6, 6.07) is 0. The summed E-state index contributed by atoms with van der Waals surface area (Å²) in [6.07, 6.45) is -3.88. The van der Waals surface area contributed by atoms with Gasteiger partial charge in [-0.05, 0) is 104 Å². The second kappa shape index (κ2) is 14.1. The van der Waals surface area contributed by atoms with E-state index in [0.717, 1.165) is 45.1 Å². The standard InChI is InChI=1S/C39H64O13/c1-18-7-12-39(47-17-18)19(2)28-25(52-39)14-24-22-6-5-20-13-21(8-10-37(20,3)23(22)9-11-38(24,28)4)48-36-34(32(45)30(43)27(16-41)50-36)51-35-33(46)31(44)29(42)26(15-40)49-35/h18-36,40-46H,5-17H2,1-4H3/t18-,19-,20+,21?,22?,23?,24?,25?,26?,27?,28?,29?,30?,31?,32?,33?,34?,35?,36?,37-,38-,39?/m0/s1. The van der Waals surface area contributed by atoms with Gasteiger partial charge in [0.05, 0.1) is 32.0 Å². The SMILES string of the molecule is C[C@H]1CCC2(OC1)OC1CC3C4CC[C@@H]5CC(OC6OC(CO)C(O)C(O)C6OC6OC(CO)C(O)C(O)C6O)CC[C@]5(C)C4CC[C@]3(C)C1[C@@H]2C. The Morgan fingerprint density at radius 1 is 0.673 bits per heavy atom. The van der Waals surface area contributed by atoms with Crippen LogP contribution in [0.4, 0.5) is 0 Å². The predicted octanol–water partition coefficient (Wildman–Crippen LogP) is 1.44. The van der Waals surface area contributed by atoms with Crippen molar-refractivity contribution in [1.82, 2.24) is 0 Å². The van der Waals surface area contributed by atoms with Gasteiger partial charge in [-0.3, -0.25) is 0 Å². The topological polar surface area (TPSA) is 197 Å². The van der Waals surface area contributed by atoms with Crippen molar-refractivity contribution in [1.29, 1.82) is 0 Å². The summed E-state index contributed by atoms with van der Waals surface area (Å²) >= 11 is 0. The zero-order chi connectivity index (χ0) is 36.9. The number of ether oxygens (including phenoxy) is 6. The summed E-state index contributed by atoms with van der Waals surface area (Å²) in [4.78, 5) is 0. The van der Waals surface area contributed by atoms with Crippen molar-refractivity contribution in [3.8, 4) is 0 Å². The second-order valence-electron chi connectivity index (χ2n) is 18.7. The van der Waals surface area contributed by atoms with Crippen molar-refractivity contribution >= 4 is 0 Å². The summed E-state index contributed by atoms with van der Waals surface area (Å²) in [6.45, 7) is 9.33. The fraction of sp³-hybridized carbons (Fsp3) is 1.00. The third-order valence-corrected chi connectivity index (χ3v) is 16.2. The van der Waals surface area contributed by atoms with Crippen LogP contribution in [0.15, 0.2) is 0 Å². The van der Waals surface area contributed by atoms with Gasteiger partial charge in [-0.15, -0.1) is 0 Å². The van der Waals surface area contributed by atoms with Gasteiger partial charge in [-0.2, -0.15) is 0 Å². The van der Waals surface area contributed by atoms with Crippen LogP contribution in [0.25, 0.3) is 0 Å². The van der Waals surface area contributed by atoms with Crippen molar-refractivity contribution in [3.63, 3.8) is 0 Å². The summed E-state index contributed by atoms with van der Waals surface area (Å²) in [5, 5.41) is 72.7. The number of hydrogen-bond acceptors (Lipinski definition) is 13. The Labute approximate surface area is 307 Å². The van der Waals surface area contributed by atoms with Gasteiger partial charge in [0.1, 0.15) is 48.8 Å². The van der Waals surface area contributed by atoms with E-state index >= 15 is 0 Å². The lowest BCUT2D eigenvalue weighted by Crippen LogP contribution is -2.65. The first kappa shape index (κ1) is 38.4. The summed E-state index contributed by atoms with van der Waals surface area (Å²) in [5.41, 5.74) is 0.425. The highest BCUT2D eigenvalue weighted by atomic mass is 16.8. The molecule has 4 saturated carbocycles. The quantitative estimate of drug-likeness (QED) is 0.194. The molecule has 0 aromatic rings. The van der Waals surface area contributed by atoms with Crippen molar-refractivity contribution in [2.75, 3.05) is 19.8 Å². The molecule has 8 aliphatic rings. The van der Waals surface area contributed by atoms with E-state index in [9.17, 15) is 35.7 Å². The van der Waals surface area contributed by atoms with Gasteiger partial charge in [-0.25, -0.2) is 0 Å². The highest BCUT2D eigenvalue weighted by Gasteiger charge is 2.69. The van der Waals surface area contributed by atoms with E-state index in [-0.39, 0.29) is 23.0 Å². The second-order valence-corrected chi connectivity index (χ2v) is 18.7. The number of rotatable bonds is 6. The van der Waals surface area contributed by atoms with Gasteiger partial charge in [0.25, 0.3) is 0 Å². The maximum Gasteiger partial charge on any atom is 0.187 e. The Balaban J connectivity index is 0.942. The van der Waals surface area contributed by atoms with Crippen molar-refractivity contribution in [3.05, 3.63) is 0 Å². The van der Waals surface area contributed by atoms with Gasteiger partial charge in [-0.1, -0.05) is 27.7 Å². The maximum atomic E-state index is 11.1. The van der Waals surface area contributed by atoms with Crippen LogP contribution in [0, 0.1) is 52.3 Å². The largest absolute Gasteiger partial charge is 0.394 e. The van der Waals surface area contributed by atoms with Crippen LogP contribution in [-0.4, -0.2) is 135 Å². The first-order chi connectivity index (χ1) is 24.7. The molecule has 4 heterocycles. The summed E-state index contributed by atoms with van der Waals surface area (Å²) < 4.78 is 37.5. The minimum absolute atomic E-state index is 0.168. The first-order valence-electron chi connectivity index (χ1n) is 20.3. The molecule has 8 fully saturated rings. The Kier molecular flexibility index (Phi) is 10.4. The predicted molar refractivity (Wildman–Crippen MR) is 183 cm³/mol. The molecule has 298 valence electrons. The highest BCUT2D eigenvalue weighted by molar-refractivity contribution is 5.15. The molecular weight excluding hydrogens is 676 g/mol. The van der Waals surface area contributed by atoms with Crippen LogP contribution < -0.4 is 0 Å². The molecule has 0 amide bonds. The molecule has 4 aliphatic heterocycles. The smallest absolute Gasteiger partial charge is 0.187 e. The van der Waals surface area contributed by atoms with Gasteiger partial charge in [0.2, 0.25) is 0 Å². The fourth-order valence-corrected chi connectivity index (χ4v) is 13.2. The number of aliphatic hydroxyl groups excluding tert-OH is 7. The molecule has 52 heavy (non-hydrogen) atoms. The van der Waals surface area contributed by atoms with Crippen LogP contribution in [0.3, 0.4) is 0 Å². The highest BCUT2D eigenvalue weighted by Crippen LogP contribution is 2.71. The van der Waals surface area contributed by atoms with E-state index < -0.39 is 80.4 Å². The fourth-order valence-electron chi connectivity index (χ4n) is 13.2. The lowest BCUT2D eigenvalue weighted by molar-refractivity contribution is -0.373. The van der Waals surface area contributed by atoms with Gasteiger partial charge >= 0.3 is 0 Å². The third kappa shape index (κ3) is 5.98. The molecule has 0 aromatic carbocycles. The Hall–Kier alpha value is -0.520. The lowest BCUT2D eigenvalue weighted by atomic mass is 9.44. The van der Waals surface area contributed by atoms with Crippen LogP contribution >= 0.6 is 0 Å². The van der Waals surface area contributed by atoms with Gasteiger partial charge in [0.15, 0.2) is 18.4 Å². The molecule has 7 N–H and O–H groups in total. The summed E-state index contributed by atoms with van der Waals surface area (Å²) in [7, 11) is 0. The van der Waals surface area contributed by atoms with Crippen molar-refractivity contribution in [2.24, 2.45) is 52.3 Å². The minimum Gasteiger partial charge on any atom is -0.394 e. The first-order valence-corrected chi connectivity index (χ1v) is 20.3. The van der Waals surface area contributed by atoms with Crippen LogP contribution in [0.2, 0.25) is 0 Å². The zero-order valence-electron chi connectivity index (χ0n) is 31.2. The Morgan fingerprint density at radius 3 is 2.06 bits per heavy atom. The average Bonchev–Trinajstić information content (AvgIpc) is 3.58. The van der Waals surface area contributed by atoms with E-state index in [4.69, 9.17) is 28.4 Å². The lowest BCUT2D eigenvalue weighted by Gasteiger charge is -2.61. The molecule has 0 bridgehead atoms. The summed E-state index contributed by atoms with van der Waals surface area (Å²) in [5.74, 6) is 3.51. The monoisotopic (exact) mass is 740 g/mol. The van der Waals surface area contributed by atoms with Crippen LogP contribution in [0.5, 0.6) is 0 Å². The number of hydrogen-bond donors (Lipinski definition) is 7. The molecule has 13 heteroatoms. The van der Waals surface area contributed by atoms with Gasteiger partial charge < -0.3 is 64.2 Å². The molecule has 13 nitrogen and oxygen atoms in total. The van der Waals surface area contributed by atoms with Crippen LogP contribution in [0.1, 0.15) is 91.9 Å². The minimum atomic E-state index is -1.71. The molecule has 17 unspecified atom stereocenters. The van der Waals surface area contributed by atoms with Gasteiger partial charge in [0, 0.05) is 12.3 Å². The van der Waals surface area contributed by atoms with Crippen LogP contribution in [-0.2, 0) is 28.4 Å². The Bertz CT molecular complexity index is 1260. The average molecular weight is 741 g/mol. The van der Waals surface area contributed by atoms with Crippen molar-refractivity contribution in [2.45, 2.75) is 171 Å². The van der Waals surface area contributed by atoms with E-state index in [1.54, 1.807) is 0 Å². The third-order valence-electron chi connectivity index (χ3n) is 16.2. The molecule has 22 atom stereocenters. The molecule has 0 radical (unpaired) electrons. The van der Waals surface area contributed by atoms with E-state index in [0.29, 0.717) is 41.4 Å². The van der Waals surface area contributed by atoms with E-state index in [2.05, 4.69) is 27.7 Å². The molecule has 4 saturated heterocycles. The Morgan fingerprint density at radius 2 is 1.37 bits per heavy atom. The van der Waals surface area contributed by atoms with E-state index in [1.807, 2.05) is 0 Å². The normalized spacial score (nSPS) is 59.0. The number of aliphatic hydroxyl groups is 7. The van der Waals surface area contributed by atoms with Crippen molar-refractivity contribution < 1.29 is 64.2 Å². The molecule has 1 spiro atoms. The molecular formula is C39H64O13. The molecule has 0 aromatic heterocycles. The number of fused-ring (bicyclic) bond motifs is 7. The van der Waals surface area contributed by atoms with E-state index in [1.165, 1.54) is 25.7 Å². The zero-order valence-corrected chi connectivity index (χ0v) is 31.2. The maximum absolute atomic E-state index is 11.1. The molecule has 8 rings (SSSR count). The molecule has 4 aliphatic carbocycles.